The Labute approximate surface area is 172 Å². The minimum atomic E-state index is -0.348. The molecule has 0 radical (unpaired) electrons. The summed E-state index contributed by atoms with van der Waals surface area (Å²) in [7, 11) is 4.50. The third-order valence-corrected chi connectivity index (χ3v) is 4.52. The molecular formula is C22H19N3O5. The van der Waals surface area contributed by atoms with Crippen LogP contribution in [0.2, 0.25) is 0 Å². The van der Waals surface area contributed by atoms with Crippen molar-refractivity contribution in [3.63, 3.8) is 0 Å². The van der Waals surface area contributed by atoms with Gasteiger partial charge in [0.2, 0.25) is 11.6 Å². The van der Waals surface area contributed by atoms with Crippen molar-refractivity contribution in [3.05, 3.63) is 60.4 Å². The van der Waals surface area contributed by atoms with E-state index in [1.54, 1.807) is 36.7 Å². The number of nitrogens with one attached hydrogen (secondary N) is 1. The van der Waals surface area contributed by atoms with Gasteiger partial charge in [0.05, 0.1) is 38.8 Å². The smallest absolute Gasteiger partial charge is 0.255 e. The van der Waals surface area contributed by atoms with E-state index in [9.17, 15) is 4.79 Å². The van der Waals surface area contributed by atoms with Crippen LogP contribution in [0.4, 0.5) is 5.69 Å². The Morgan fingerprint density at radius 3 is 2.40 bits per heavy atom. The SMILES string of the molecule is COc1cc(C(=O)Nc2ccccc2-c2nc3cnccc3o2)cc(OC)c1OC. The largest absolute Gasteiger partial charge is 0.493 e. The topological polar surface area (TPSA) is 95.7 Å². The molecule has 0 aliphatic rings. The molecule has 8 nitrogen and oxygen atoms in total. The summed E-state index contributed by atoms with van der Waals surface area (Å²) in [5.74, 6) is 1.23. The Kier molecular flexibility index (Phi) is 5.21. The monoisotopic (exact) mass is 405 g/mol. The quantitative estimate of drug-likeness (QED) is 0.514. The van der Waals surface area contributed by atoms with Gasteiger partial charge in [-0.3, -0.25) is 9.78 Å². The van der Waals surface area contributed by atoms with Crippen LogP contribution < -0.4 is 19.5 Å². The molecule has 152 valence electrons. The summed E-state index contributed by atoms with van der Waals surface area (Å²) in [6, 6.07) is 12.2. The lowest BCUT2D eigenvalue weighted by atomic mass is 10.1. The van der Waals surface area contributed by atoms with Gasteiger partial charge in [0.25, 0.3) is 5.91 Å². The van der Waals surface area contributed by atoms with Gasteiger partial charge in [-0.05, 0) is 24.3 Å². The van der Waals surface area contributed by atoms with Crippen molar-refractivity contribution in [2.45, 2.75) is 0 Å². The predicted octanol–water partition coefficient (Wildman–Crippen LogP) is 4.17. The number of para-hydroxylation sites is 1. The van der Waals surface area contributed by atoms with Gasteiger partial charge in [-0.25, -0.2) is 4.98 Å². The zero-order chi connectivity index (χ0) is 21.1. The Hall–Kier alpha value is -4.07. The number of aromatic nitrogens is 2. The first-order valence-electron chi connectivity index (χ1n) is 9.06. The number of pyridine rings is 1. The van der Waals surface area contributed by atoms with E-state index in [0.29, 0.717) is 51.1 Å². The number of carbonyl (C=O) groups excluding carboxylic acids is 1. The molecule has 0 saturated carbocycles. The van der Waals surface area contributed by atoms with Crippen molar-refractivity contribution in [2.75, 3.05) is 26.6 Å². The van der Waals surface area contributed by atoms with E-state index in [1.807, 2.05) is 18.2 Å². The summed E-state index contributed by atoms with van der Waals surface area (Å²) in [5.41, 5.74) is 2.80. The van der Waals surface area contributed by atoms with Crippen LogP contribution >= 0.6 is 0 Å². The molecule has 0 aliphatic carbocycles. The van der Waals surface area contributed by atoms with Crippen LogP contribution in [0, 0.1) is 0 Å². The number of fused-ring (bicyclic) bond motifs is 1. The molecule has 8 heteroatoms. The maximum atomic E-state index is 13.0. The van der Waals surface area contributed by atoms with Crippen LogP contribution in [0.15, 0.2) is 59.3 Å². The highest BCUT2D eigenvalue weighted by Crippen LogP contribution is 2.38. The lowest BCUT2D eigenvalue weighted by Crippen LogP contribution is -2.13. The van der Waals surface area contributed by atoms with Crippen molar-refractivity contribution in [1.82, 2.24) is 9.97 Å². The van der Waals surface area contributed by atoms with E-state index < -0.39 is 0 Å². The van der Waals surface area contributed by atoms with Crippen LogP contribution in [0.3, 0.4) is 0 Å². The minimum absolute atomic E-state index is 0.348. The Balaban J connectivity index is 1.69. The second kappa shape index (κ2) is 8.12. The number of ether oxygens (including phenoxy) is 3. The maximum absolute atomic E-state index is 13.0. The number of amides is 1. The zero-order valence-electron chi connectivity index (χ0n) is 16.6. The number of carbonyl (C=O) groups is 1. The fourth-order valence-electron chi connectivity index (χ4n) is 3.08. The van der Waals surface area contributed by atoms with Gasteiger partial charge in [-0.2, -0.15) is 0 Å². The van der Waals surface area contributed by atoms with Crippen molar-refractivity contribution in [2.24, 2.45) is 0 Å². The standard InChI is InChI=1S/C22H19N3O5/c1-27-18-10-13(11-19(28-2)20(18)29-3)21(26)24-15-7-5-4-6-14(15)22-25-16-12-23-9-8-17(16)30-22/h4-12H,1-3H3,(H,24,26). The molecule has 0 unspecified atom stereocenters. The van der Waals surface area contributed by atoms with Gasteiger partial charge < -0.3 is 23.9 Å². The van der Waals surface area contributed by atoms with E-state index in [0.717, 1.165) is 0 Å². The molecule has 0 bridgehead atoms. The first-order valence-corrected chi connectivity index (χ1v) is 9.06. The molecule has 4 rings (SSSR count). The first kappa shape index (κ1) is 19.3. The second-order valence-corrected chi connectivity index (χ2v) is 6.28. The highest BCUT2D eigenvalue weighted by atomic mass is 16.5. The molecule has 0 fully saturated rings. The second-order valence-electron chi connectivity index (χ2n) is 6.28. The summed E-state index contributed by atoms with van der Waals surface area (Å²) in [4.78, 5) is 21.5. The highest BCUT2D eigenvalue weighted by molar-refractivity contribution is 6.06. The number of oxazole rings is 1. The molecule has 0 atom stereocenters. The molecular weight excluding hydrogens is 386 g/mol. The lowest BCUT2D eigenvalue weighted by Gasteiger charge is -2.14. The zero-order valence-corrected chi connectivity index (χ0v) is 16.6. The van der Waals surface area contributed by atoms with Gasteiger partial charge >= 0.3 is 0 Å². The number of hydrogen-bond acceptors (Lipinski definition) is 7. The average Bonchev–Trinajstić information content (AvgIpc) is 3.22. The molecule has 1 N–H and O–H groups in total. The third kappa shape index (κ3) is 3.50. The van der Waals surface area contributed by atoms with Crippen LogP contribution in [0.25, 0.3) is 22.6 Å². The van der Waals surface area contributed by atoms with Gasteiger partial charge in [0.1, 0.15) is 5.52 Å². The molecule has 0 aliphatic heterocycles. The number of rotatable bonds is 6. The minimum Gasteiger partial charge on any atom is -0.493 e. The van der Waals surface area contributed by atoms with E-state index >= 15 is 0 Å². The molecule has 0 saturated heterocycles. The van der Waals surface area contributed by atoms with Crippen molar-refractivity contribution >= 4 is 22.7 Å². The lowest BCUT2D eigenvalue weighted by molar-refractivity contribution is 0.102. The van der Waals surface area contributed by atoms with Crippen LogP contribution in [0.5, 0.6) is 17.2 Å². The maximum Gasteiger partial charge on any atom is 0.255 e. The van der Waals surface area contributed by atoms with E-state index in [2.05, 4.69) is 15.3 Å². The molecule has 2 aromatic heterocycles. The summed E-state index contributed by atoms with van der Waals surface area (Å²) >= 11 is 0. The molecule has 4 aromatic rings. The normalized spacial score (nSPS) is 10.6. The number of hydrogen-bond donors (Lipinski definition) is 1. The van der Waals surface area contributed by atoms with Crippen molar-refractivity contribution < 1.29 is 23.4 Å². The third-order valence-electron chi connectivity index (χ3n) is 4.52. The summed E-state index contributed by atoms with van der Waals surface area (Å²) in [6.07, 6.45) is 3.26. The number of anilines is 1. The highest BCUT2D eigenvalue weighted by Gasteiger charge is 2.19. The molecule has 30 heavy (non-hydrogen) atoms. The van der Waals surface area contributed by atoms with Crippen LogP contribution in [0.1, 0.15) is 10.4 Å². The molecule has 2 heterocycles. The Bertz CT molecular complexity index is 1160. The van der Waals surface area contributed by atoms with Crippen LogP contribution in [-0.4, -0.2) is 37.2 Å². The van der Waals surface area contributed by atoms with E-state index in [4.69, 9.17) is 18.6 Å². The van der Waals surface area contributed by atoms with Gasteiger partial charge in [-0.1, -0.05) is 12.1 Å². The van der Waals surface area contributed by atoms with Gasteiger partial charge in [0.15, 0.2) is 17.1 Å². The first-order chi connectivity index (χ1) is 14.6. The van der Waals surface area contributed by atoms with Crippen LogP contribution in [-0.2, 0) is 0 Å². The number of nitrogens with zero attached hydrogens (tertiary/aromatic N) is 2. The Morgan fingerprint density at radius 1 is 1.00 bits per heavy atom. The summed E-state index contributed by atoms with van der Waals surface area (Å²) in [6.45, 7) is 0. The summed E-state index contributed by atoms with van der Waals surface area (Å²) in [5, 5.41) is 2.90. The molecule has 2 aromatic carbocycles. The Morgan fingerprint density at radius 2 is 1.73 bits per heavy atom. The van der Waals surface area contributed by atoms with Crippen molar-refractivity contribution in [1.29, 1.82) is 0 Å². The summed E-state index contributed by atoms with van der Waals surface area (Å²) < 4.78 is 21.8. The van der Waals surface area contributed by atoms with Gasteiger partial charge in [0, 0.05) is 17.8 Å². The number of benzene rings is 2. The fraction of sp³-hybridized carbons (Fsp3) is 0.136. The van der Waals surface area contributed by atoms with Crippen molar-refractivity contribution in [3.8, 4) is 28.7 Å². The van der Waals surface area contributed by atoms with E-state index in [1.165, 1.54) is 21.3 Å². The molecule has 1 amide bonds. The van der Waals surface area contributed by atoms with Gasteiger partial charge in [-0.15, -0.1) is 0 Å². The average molecular weight is 405 g/mol. The van der Waals surface area contributed by atoms with E-state index in [-0.39, 0.29) is 5.91 Å². The fourth-order valence-corrected chi connectivity index (χ4v) is 3.08. The molecule has 0 spiro atoms. The predicted molar refractivity (Wildman–Crippen MR) is 111 cm³/mol. The number of methoxy groups -OCH3 is 3.